The number of amides is 3. The summed E-state index contributed by atoms with van der Waals surface area (Å²) in [5.74, 6) is -1.74. The van der Waals surface area contributed by atoms with Crippen molar-refractivity contribution >= 4 is 37.1 Å². The largest absolute Gasteiger partial charge is 0.424 e. The lowest BCUT2D eigenvalue weighted by Gasteiger charge is -2.21. The van der Waals surface area contributed by atoms with E-state index in [2.05, 4.69) is 26.3 Å². The first kappa shape index (κ1) is 36.7. The number of ketones is 2. The van der Waals surface area contributed by atoms with Crippen LogP contribution in [0.3, 0.4) is 0 Å². The number of pyridine rings is 1. The van der Waals surface area contributed by atoms with Crippen molar-refractivity contribution in [1.82, 2.24) is 20.9 Å². The Morgan fingerprint density at radius 3 is 2.53 bits per heavy atom. The Morgan fingerprint density at radius 2 is 1.88 bits per heavy atom. The Hall–Kier alpha value is -5.16. The van der Waals surface area contributed by atoms with E-state index in [1.54, 1.807) is 44.2 Å². The highest BCUT2D eigenvalue weighted by atomic mass is 31.2. The van der Waals surface area contributed by atoms with E-state index in [4.69, 9.17) is 19.0 Å². The van der Waals surface area contributed by atoms with Crippen molar-refractivity contribution in [3.05, 3.63) is 83.3 Å². The zero-order valence-corrected chi connectivity index (χ0v) is 27.9. The van der Waals surface area contributed by atoms with Crippen LogP contribution in [0.5, 0.6) is 11.5 Å². The predicted octanol–water partition coefficient (Wildman–Crippen LogP) is 5.26. The van der Waals surface area contributed by atoms with Crippen molar-refractivity contribution < 1.29 is 41.9 Å². The molecule has 1 unspecified atom stereocenters. The summed E-state index contributed by atoms with van der Waals surface area (Å²) >= 11 is 0. The third-order valence-electron chi connectivity index (χ3n) is 7.47. The molecule has 0 aliphatic heterocycles. The predicted molar refractivity (Wildman–Crippen MR) is 176 cm³/mol. The van der Waals surface area contributed by atoms with E-state index in [-0.39, 0.29) is 60.1 Å². The molecule has 1 aliphatic rings. The molecule has 3 aromatic rings. The van der Waals surface area contributed by atoms with Gasteiger partial charge in [-0.2, -0.15) is 5.26 Å². The van der Waals surface area contributed by atoms with Crippen LogP contribution in [-0.2, 0) is 13.9 Å². The summed E-state index contributed by atoms with van der Waals surface area (Å²) in [6, 6.07) is 13.7. The molecule has 0 saturated heterocycles. The normalized spacial score (nSPS) is 16.6. The number of hydrogen-bond acceptors (Lipinski definition) is 11. The Bertz CT molecular complexity index is 1770. The van der Waals surface area contributed by atoms with Gasteiger partial charge in [-0.1, -0.05) is 25.1 Å². The van der Waals surface area contributed by atoms with Crippen molar-refractivity contribution in [3.8, 4) is 17.6 Å². The maximum absolute atomic E-state index is 15.3. The van der Waals surface area contributed by atoms with Gasteiger partial charge in [0.15, 0.2) is 5.78 Å². The molecule has 0 radical (unpaired) electrons. The zero-order chi connectivity index (χ0) is 35.6. The summed E-state index contributed by atoms with van der Waals surface area (Å²) < 4.78 is 45.6. The summed E-state index contributed by atoms with van der Waals surface area (Å²) in [6.45, 7) is 4.08. The Morgan fingerprint density at radius 1 is 1.12 bits per heavy atom. The van der Waals surface area contributed by atoms with Crippen molar-refractivity contribution in [2.45, 2.75) is 51.6 Å². The van der Waals surface area contributed by atoms with Gasteiger partial charge < -0.3 is 19.9 Å². The Kier molecular flexibility index (Phi) is 12.6. The number of carbonyl (C=O) groups excluding carboxylic acids is 4. The maximum Gasteiger partial charge on any atom is 0.412 e. The minimum atomic E-state index is -3.89. The number of nitriles is 1. The van der Waals surface area contributed by atoms with Crippen LogP contribution in [0, 0.1) is 17.1 Å². The minimum Gasteiger partial charge on any atom is -0.424 e. The van der Waals surface area contributed by atoms with E-state index in [0.717, 1.165) is 6.07 Å². The molecule has 1 saturated carbocycles. The molecular formula is C33H36FN6O8P. The molecule has 3 amide bonds. The molecule has 16 heteroatoms. The number of halogens is 1. The molecule has 1 heterocycles. The number of benzene rings is 2. The second-order valence-corrected chi connectivity index (χ2v) is 13.2. The summed E-state index contributed by atoms with van der Waals surface area (Å²) in [4.78, 5) is 53.9. The molecule has 2 aromatic carbocycles. The molecule has 14 nitrogen and oxygen atoms in total. The van der Waals surface area contributed by atoms with Crippen LogP contribution < -0.4 is 30.5 Å². The highest BCUT2D eigenvalue weighted by Gasteiger charge is 2.44. The molecule has 258 valence electrons. The first-order valence-corrected chi connectivity index (χ1v) is 17.1. The number of rotatable bonds is 16. The fraction of sp³-hybridized carbons (Fsp3) is 0.333. The van der Waals surface area contributed by atoms with Crippen molar-refractivity contribution in [3.63, 3.8) is 0 Å². The third kappa shape index (κ3) is 10.4. The van der Waals surface area contributed by atoms with Crippen LogP contribution in [0.15, 0.2) is 60.8 Å². The van der Waals surface area contributed by atoms with Crippen LogP contribution in [0.4, 0.5) is 19.8 Å². The average molecular weight is 695 g/mol. The molecule has 4 N–H and O–H groups in total. The number of anilines is 1. The van der Waals surface area contributed by atoms with E-state index in [1.807, 2.05) is 6.07 Å². The first-order chi connectivity index (χ1) is 23.4. The smallest absolute Gasteiger partial charge is 0.412 e. The van der Waals surface area contributed by atoms with Gasteiger partial charge in [-0.15, -0.1) is 0 Å². The van der Waals surface area contributed by atoms with E-state index >= 15 is 4.39 Å². The third-order valence-corrected chi connectivity index (χ3v) is 9.26. The van der Waals surface area contributed by atoms with E-state index < -0.39 is 49.3 Å². The van der Waals surface area contributed by atoms with Crippen LogP contribution in [-0.4, -0.2) is 60.2 Å². The number of Topliss-reactive ketones (excluding diaryl/α,β-unsaturated/α-hetero) is 2. The number of carbonyl (C=O) groups is 4. The number of aromatic nitrogens is 1. The number of urea groups is 1. The van der Waals surface area contributed by atoms with Gasteiger partial charge in [0.2, 0.25) is 0 Å². The SMILES string of the molecule is CCC(=O)c1ccc(F)c([C@@H]2C[C@@H]2NC(=O)Nc2ccc(C#N)cn2)c1OC(=O)NCCP(=O)(OCN[C@@H](C)C(C)=O)Oc1ccccc1. The van der Waals surface area contributed by atoms with E-state index in [1.165, 1.54) is 31.3 Å². The Balaban J connectivity index is 1.43. The van der Waals surface area contributed by atoms with Gasteiger partial charge in [-0.25, -0.2) is 23.5 Å². The molecule has 0 bridgehead atoms. The number of nitrogens with zero attached hydrogens (tertiary/aromatic N) is 2. The standard InChI is InChI=1S/C33H36FN6O8P/c1-4-28(42)24-11-12-26(34)30(25-16-27(25)39-32(43)40-29-13-10-22(17-35)18-37-29)31(24)47-33(44)36-14-15-49(45,46-19-38-20(2)21(3)41)48-23-8-6-5-7-9-23/h5-13,18,20,25,27,38H,4,14-16,19H2,1-3H3,(H,36,44)(H2,37,39,40,43)/t20-,25+,27-,49?/m0/s1. The van der Waals surface area contributed by atoms with Crippen molar-refractivity contribution in [1.29, 1.82) is 5.26 Å². The van der Waals surface area contributed by atoms with Crippen molar-refractivity contribution in [2.24, 2.45) is 0 Å². The summed E-state index contributed by atoms with van der Waals surface area (Å²) in [5.41, 5.74) is 0.249. The van der Waals surface area contributed by atoms with Crippen LogP contribution in [0.2, 0.25) is 0 Å². The van der Waals surface area contributed by atoms with Crippen LogP contribution in [0.25, 0.3) is 0 Å². The molecule has 4 atom stereocenters. The fourth-order valence-electron chi connectivity index (χ4n) is 4.58. The summed E-state index contributed by atoms with van der Waals surface area (Å²) in [7, 11) is -3.89. The number of para-hydroxylation sites is 1. The van der Waals surface area contributed by atoms with E-state index in [0.29, 0.717) is 12.0 Å². The van der Waals surface area contributed by atoms with Gasteiger partial charge in [0.25, 0.3) is 0 Å². The molecule has 1 aliphatic carbocycles. The van der Waals surface area contributed by atoms with Gasteiger partial charge in [0.1, 0.15) is 41.7 Å². The van der Waals surface area contributed by atoms with E-state index in [9.17, 15) is 23.7 Å². The lowest BCUT2D eigenvalue weighted by Crippen LogP contribution is -2.34. The monoisotopic (exact) mass is 694 g/mol. The van der Waals surface area contributed by atoms with Crippen LogP contribution >= 0.6 is 7.60 Å². The lowest BCUT2D eigenvalue weighted by atomic mass is 10.00. The fourth-order valence-corrected chi connectivity index (χ4v) is 5.95. The topological polar surface area (TPSA) is 198 Å². The quantitative estimate of drug-likeness (QED) is 0.0866. The first-order valence-electron chi connectivity index (χ1n) is 15.4. The highest BCUT2D eigenvalue weighted by Crippen LogP contribution is 2.48. The van der Waals surface area contributed by atoms with Gasteiger partial charge in [-0.05, 0) is 56.7 Å². The zero-order valence-electron chi connectivity index (χ0n) is 27.0. The molecule has 49 heavy (non-hydrogen) atoms. The van der Waals surface area contributed by atoms with Gasteiger partial charge in [0.05, 0.1) is 23.3 Å². The molecule has 4 rings (SSSR count). The average Bonchev–Trinajstić information content (AvgIpc) is 3.82. The van der Waals surface area contributed by atoms with Crippen molar-refractivity contribution in [2.75, 3.05) is 24.8 Å². The highest BCUT2D eigenvalue weighted by molar-refractivity contribution is 7.54. The number of nitrogens with one attached hydrogen (secondary N) is 4. The molecule has 0 spiro atoms. The molecule has 1 aromatic heterocycles. The lowest BCUT2D eigenvalue weighted by molar-refractivity contribution is -0.118. The minimum absolute atomic E-state index is 0.0157. The number of hydrogen-bond donors (Lipinski definition) is 4. The van der Waals surface area contributed by atoms with Crippen LogP contribution in [0.1, 0.15) is 61.0 Å². The number of ether oxygens (including phenoxy) is 1. The second kappa shape index (κ2) is 16.8. The van der Waals surface area contributed by atoms with Gasteiger partial charge in [-0.3, -0.25) is 24.7 Å². The maximum atomic E-state index is 15.3. The second-order valence-electron chi connectivity index (χ2n) is 11.1. The molecular weight excluding hydrogens is 658 g/mol. The Labute approximate surface area is 282 Å². The summed E-state index contributed by atoms with van der Waals surface area (Å²) in [5, 5.41) is 19.4. The summed E-state index contributed by atoms with van der Waals surface area (Å²) in [6.07, 6.45) is 0.277. The van der Waals surface area contributed by atoms with Gasteiger partial charge >= 0.3 is 19.7 Å². The molecule has 1 fully saturated rings. The van der Waals surface area contributed by atoms with Gasteiger partial charge in [0, 0.05) is 36.7 Å².